The van der Waals surface area contributed by atoms with Crippen LogP contribution in [0.25, 0.3) is 0 Å². The largest absolute Gasteiger partial charge is 0.497 e. The fourth-order valence-corrected chi connectivity index (χ4v) is 6.33. The van der Waals surface area contributed by atoms with E-state index >= 15 is 0 Å². The number of hydrogen-bond donors (Lipinski definition) is 2. The van der Waals surface area contributed by atoms with E-state index in [0.717, 1.165) is 49.8 Å². The highest BCUT2D eigenvalue weighted by molar-refractivity contribution is 7.10. The van der Waals surface area contributed by atoms with Gasteiger partial charge in [0, 0.05) is 24.5 Å². The van der Waals surface area contributed by atoms with Crippen molar-refractivity contribution in [3.63, 3.8) is 0 Å². The predicted octanol–water partition coefficient (Wildman–Crippen LogP) is 4.11. The fourth-order valence-electron chi connectivity index (χ4n) is 5.39. The van der Waals surface area contributed by atoms with Crippen LogP contribution in [0.5, 0.6) is 5.75 Å². The van der Waals surface area contributed by atoms with Gasteiger partial charge in [-0.1, -0.05) is 31.4 Å². The molecule has 3 atom stereocenters. The topological polar surface area (TPSA) is 129 Å². The number of amides is 3. The molecule has 2 N–H and O–H groups in total. The molecule has 39 heavy (non-hydrogen) atoms. The van der Waals surface area contributed by atoms with E-state index < -0.39 is 24.1 Å². The molecule has 210 valence electrons. The van der Waals surface area contributed by atoms with Gasteiger partial charge < -0.3 is 20.1 Å². The molecule has 2 fully saturated rings. The Kier molecular flexibility index (Phi) is 9.21. The number of carbonyl (C=O) groups is 4. The first kappa shape index (κ1) is 28.5. The molecule has 1 saturated carbocycles. The number of benzene rings is 1. The minimum atomic E-state index is -1.21. The van der Waals surface area contributed by atoms with E-state index in [1.54, 1.807) is 41.7 Å². The van der Waals surface area contributed by atoms with Crippen LogP contribution in [0.1, 0.15) is 79.0 Å². The van der Waals surface area contributed by atoms with E-state index in [4.69, 9.17) is 4.74 Å². The maximum Gasteiger partial charge on any atom is 0.407 e. The summed E-state index contributed by atoms with van der Waals surface area (Å²) >= 11 is 1.36. The molecule has 1 aromatic carbocycles. The first-order valence-corrected chi connectivity index (χ1v) is 14.3. The van der Waals surface area contributed by atoms with Gasteiger partial charge in [-0.2, -0.15) is 0 Å². The number of hydrogen-bond acceptors (Lipinski definition) is 7. The number of ether oxygens (including phenoxy) is 1. The lowest BCUT2D eigenvalue weighted by Crippen LogP contribution is -2.56. The molecule has 2 aliphatic rings. The lowest BCUT2D eigenvalue weighted by atomic mass is 9.83. The molecule has 0 unspecified atom stereocenters. The predicted molar refractivity (Wildman–Crippen MR) is 146 cm³/mol. The van der Waals surface area contributed by atoms with E-state index in [9.17, 15) is 24.3 Å². The van der Waals surface area contributed by atoms with Gasteiger partial charge in [-0.3, -0.25) is 19.3 Å². The van der Waals surface area contributed by atoms with Crippen LogP contribution in [0.3, 0.4) is 0 Å². The molecule has 3 amide bonds. The average molecular weight is 557 g/mol. The van der Waals surface area contributed by atoms with Gasteiger partial charge in [0.05, 0.1) is 13.2 Å². The molecule has 2 heterocycles. The zero-order valence-corrected chi connectivity index (χ0v) is 23.4. The van der Waals surface area contributed by atoms with Crippen LogP contribution in [0.4, 0.5) is 4.79 Å². The summed E-state index contributed by atoms with van der Waals surface area (Å²) in [6.07, 6.45) is 5.03. The summed E-state index contributed by atoms with van der Waals surface area (Å²) in [6, 6.07) is 4.97. The molecule has 11 heteroatoms. The highest BCUT2D eigenvalue weighted by atomic mass is 32.1. The summed E-state index contributed by atoms with van der Waals surface area (Å²) in [4.78, 5) is 58.8. The zero-order valence-electron chi connectivity index (χ0n) is 22.6. The molecular weight excluding hydrogens is 520 g/mol. The number of ketones is 1. The minimum absolute atomic E-state index is 0.0136. The molecule has 0 radical (unpaired) electrons. The Morgan fingerprint density at radius 1 is 1.15 bits per heavy atom. The molecule has 10 nitrogen and oxygen atoms in total. The van der Waals surface area contributed by atoms with Crippen LogP contribution in [0, 0.1) is 5.92 Å². The highest BCUT2D eigenvalue weighted by Gasteiger charge is 2.40. The third-order valence-corrected chi connectivity index (χ3v) is 8.80. The molecule has 1 aromatic heterocycles. The van der Waals surface area contributed by atoms with Crippen molar-refractivity contribution < 1.29 is 29.0 Å². The summed E-state index contributed by atoms with van der Waals surface area (Å²) in [5.74, 6) is -0.293. The SMILES string of the molecule is COc1cccc(C(=O)c2csc([C@@H]3CCCN3C(=O)[C@@H](NC(=O)[C@H](C)N(C)C(=O)O)C3CCCCC3)n2)c1. The van der Waals surface area contributed by atoms with E-state index in [1.165, 1.54) is 25.3 Å². The summed E-state index contributed by atoms with van der Waals surface area (Å²) < 4.78 is 5.23. The van der Waals surface area contributed by atoms with Crippen molar-refractivity contribution in [2.24, 2.45) is 5.92 Å². The van der Waals surface area contributed by atoms with Crippen LogP contribution in [0.15, 0.2) is 29.6 Å². The molecule has 2 aromatic rings. The van der Waals surface area contributed by atoms with Gasteiger partial charge in [-0.15, -0.1) is 11.3 Å². The van der Waals surface area contributed by atoms with Gasteiger partial charge in [-0.05, 0) is 50.7 Å². The molecule has 1 aliphatic heterocycles. The molecule has 4 rings (SSSR count). The standard InChI is InChI=1S/C28H36N4O6S/c1-17(31(2)28(36)37)25(34)30-23(18-9-5-4-6-10-18)27(35)32-14-8-13-22(32)26-29-21(16-39-26)24(33)19-11-7-12-20(15-19)38-3/h7,11-12,15-18,22-23H,4-6,8-10,13-14H2,1-3H3,(H,30,34)(H,36,37)/t17-,22-,23-/m0/s1. The van der Waals surface area contributed by atoms with Crippen molar-refractivity contribution in [2.45, 2.75) is 70.0 Å². The Balaban J connectivity index is 1.54. The molecule has 0 bridgehead atoms. The number of nitrogens with zero attached hydrogens (tertiary/aromatic N) is 3. The van der Waals surface area contributed by atoms with Crippen LogP contribution in [0.2, 0.25) is 0 Å². The Bertz CT molecular complexity index is 1210. The Labute approximate surface area is 232 Å². The molecule has 0 spiro atoms. The normalized spacial score (nSPS) is 19.3. The molecule has 1 aliphatic carbocycles. The molecular formula is C28H36N4O6S. The second-order valence-corrected chi connectivity index (χ2v) is 11.2. The van der Waals surface area contributed by atoms with E-state index in [2.05, 4.69) is 10.3 Å². The van der Waals surface area contributed by atoms with Crippen molar-refractivity contribution in [2.75, 3.05) is 20.7 Å². The summed E-state index contributed by atoms with van der Waals surface area (Å²) in [5.41, 5.74) is 0.802. The lowest BCUT2D eigenvalue weighted by Gasteiger charge is -2.35. The quantitative estimate of drug-likeness (QED) is 0.445. The van der Waals surface area contributed by atoms with E-state index in [-0.39, 0.29) is 23.7 Å². The number of carboxylic acid groups (broad SMARTS) is 1. The van der Waals surface area contributed by atoms with Crippen LogP contribution in [-0.4, -0.2) is 76.4 Å². The number of nitrogens with one attached hydrogen (secondary N) is 1. The third-order valence-electron chi connectivity index (χ3n) is 7.85. The van der Waals surface area contributed by atoms with Crippen molar-refractivity contribution >= 4 is 35.0 Å². The Morgan fingerprint density at radius 2 is 1.90 bits per heavy atom. The number of thiazole rings is 1. The summed E-state index contributed by atoms with van der Waals surface area (Å²) in [7, 11) is 2.89. The smallest absolute Gasteiger partial charge is 0.407 e. The number of rotatable bonds is 9. The van der Waals surface area contributed by atoms with Crippen LogP contribution in [-0.2, 0) is 9.59 Å². The van der Waals surface area contributed by atoms with E-state index in [1.807, 2.05) is 0 Å². The lowest BCUT2D eigenvalue weighted by molar-refractivity contribution is -0.140. The van der Waals surface area contributed by atoms with Crippen molar-refractivity contribution in [1.29, 1.82) is 0 Å². The fraction of sp³-hybridized carbons (Fsp3) is 0.536. The average Bonchev–Trinajstić information content (AvgIpc) is 3.65. The van der Waals surface area contributed by atoms with Gasteiger partial charge >= 0.3 is 6.09 Å². The maximum atomic E-state index is 14.0. The number of likely N-dealkylation sites (tertiary alicyclic amines) is 1. The van der Waals surface area contributed by atoms with E-state index in [0.29, 0.717) is 28.6 Å². The number of methoxy groups -OCH3 is 1. The van der Waals surface area contributed by atoms with Gasteiger partial charge in [0.25, 0.3) is 0 Å². The van der Waals surface area contributed by atoms with Crippen molar-refractivity contribution in [1.82, 2.24) is 20.1 Å². The number of likely N-dealkylation sites (N-methyl/N-ethyl adjacent to an activating group) is 1. The monoisotopic (exact) mass is 556 g/mol. The highest BCUT2D eigenvalue weighted by Crippen LogP contribution is 2.36. The van der Waals surface area contributed by atoms with Crippen molar-refractivity contribution in [3.8, 4) is 5.75 Å². The number of carbonyl (C=O) groups excluding carboxylic acids is 3. The Hall–Kier alpha value is -3.47. The Morgan fingerprint density at radius 3 is 2.59 bits per heavy atom. The number of aromatic nitrogens is 1. The second kappa shape index (κ2) is 12.6. The first-order valence-electron chi connectivity index (χ1n) is 13.4. The van der Waals surface area contributed by atoms with Crippen LogP contribution >= 0.6 is 11.3 Å². The van der Waals surface area contributed by atoms with Crippen molar-refractivity contribution in [3.05, 3.63) is 45.9 Å². The van der Waals surface area contributed by atoms with Gasteiger partial charge in [0.2, 0.25) is 17.6 Å². The van der Waals surface area contributed by atoms with Crippen LogP contribution < -0.4 is 10.1 Å². The van der Waals surface area contributed by atoms with Gasteiger partial charge in [0.15, 0.2) is 0 Å². The zero-order chi connectivity index (χ0) is 28.1. The van der Waals surface area contributed by atoms with Gasteiger partial charge in [0.1, 0.15) is 28.5 Å². The summed E-state index contributed by atoms with van der Waals surface area (Å²) in [6.45, 7) is 2.05. The maximum absolute atomic E-state index is 14.0. The second-order valence-electron chi connectivity index (χ2n) is 10.3. The third kappa shape index (κ3) is 6.41. The molecule has 1 saturated heterocycles. The summed E-state index contributed by atoms with van der Waals surface area (Å²) in [5, 5.41) is 14.6. The first-order chi connectivity index (χ1) is 18.7. The minimum Gasteiger partial charge on any atom is -0.497 e. The van der Waals surface area contributed by atoms with Gasteiger partial charge in [-0.25, -0.2) is 9.78 Å².